The fourth-order valence-corrected chi connectivity index (χ4v) is 3.82. The Morgan fingerprint density at radius 1 is 1.30 bits per heavy atom. The second-order valence-corrected chi connectivity index (χ2v) is 6.69. The van der Waals surface area contributed by atoms with E-state index in [-0.39, 0.29) is 0 Å². The molecule has 1 fully saturated rings. The van der Waals surface area contributed by atoms with Crippen molar-refractivity contribution in [3.63, 3.8) is 0 Å². The van der Waals surface area contributed by atoms with E-state index in [0.717, 1.165) is 15.9 Å². The van der Waals surface area contributed by atoms with Gasteiger partial charge in [-0.25, -0.2) is 4.68 Å². The van der Waals surface area contributed by atoms with Crippen LogP contribution in [0.1, 0.15) is 49.1 Å². The predicted molar refractivity (Wildman–Crippen MR) is 85.7 cm³/mol. The van der Waals surface area contributed by atoms with Crippen LogP contribution in [-0.4, -0.2) is 9.78 Å². The Labute approximate surface area is 133 Å². The highest BCUT2D eigenvalue weighted by Gasteiger charge is 2.20. The van der Waals surface area contributed by atoms with Crippen LogP contribution in [0.25, 0.3) is 5.69 Å². The molecular weight excluding hydrogens is 336 g/mol. The Kier molecular flexibility index (Phi) is 4.18. The van der Waals surface area contributed by atoms with Crippen LogP contribution in [0.5, 0.6) is 0 Å². The van der Waals surface area contributed by atoms with Gasteiger partial charge < -0.3 is 0 Å². The van der Waals surface area contributed by atoms with Crippen LogP contribution in [0.15, 0.2) is 22.8 Å². The molecule has 0 N–H and O–H groups in total. The van der Waals surface area contributed by atoms with Crippen LogP contribution < -0.4 is 0 Å². The van der Waals surface area contributed by atoms with Crippen molar-refractivity contribution in [1.29, 1.82) is 0 Å². The minimum Gasteiger partial charge on any atom is -0.225 e. The van der Waals surface area contributed by atoms with E-state index in [9.17, 15) is 0 Å². The van der Waals surface area contributed by atoms with Gasteiger partial charge in [0.25, 0.3) is 0 Å². The maximum atomic E-state index is 6.02. The number of aromatic nitrogens is 2. The fourth-order valence-electron chi connectivity index (χ4n) is 3.02. The van der Waals surface area contributed by atoms with Crippen molar-refractivity contribution < 1.29 is 0 Å². The topological polar surface area (TPSA) is 17.8 Å². The van der Waals surface area contributed by atoms with Gasteiger partial charge >= 0.3 is 0 Å². The van der Waals surface area contributed by atoms with Crippen LogP contribution >= 0.6 is 27.5 Å². The lowest BCUT2D eigenvalue weighted by atomic mass is 9.83. The molecule has 0 spiro atoms. The molecule has 4 heteroatoms. The molecule has 1 aromatic carbocycles. The summed E-state index contributed by atoms with van der Waals surface area (Å²) in [5.41, 5.74) is 3.60. The molecule has 0 amide bonds. The Morgan fingerprint density at radius 3 is 2.70 bits per heavy atom. The average molecular weight is 353 g/mol. The summed E-state index contributed by atoms with van der Waals surface area (Å²) in [4.78, 5) is 0. The number of hydrogen-bond donors (Lipinski definition) is 0. The minimum atomic E-state index is 0.511. The summed E-state index contributed by atoms with van der Waals surface area (Å²) in [6, 6.07) is 9.47. The summed E-state index contributed by atoms with van der Waals surface area (Å²) in [6.45, 7) is 2.06. The van der Waals surface area contributed by atoms with Gasteiger partial charge in [-0.05, 0) is 70.9 Å². The van der Waals surface area contributed by atoms with E-state index >= 15 is 0 Å². The molecule has 1 radical (unpaired) electrons. The lowest BCUT2D eigenvalue weighted by Gasteiger charge is -2.24. The first-order valence-corrected chi connectivity index (χ1v) is 8.26. The SMILES string of the molecule is Cc1[c]cc(C2CCCCC2)c(-n2nc(Cl)cc2Br)c1. The van der Waals surface area contributed by atoms with Gasteiger partial charge in [0.05, 0.1) is 5.69 Å². The highest BCUT2D eigenvalue weighted by atomic mass is 79.9. The molecule has 1 aromatic heterocycles. The first-order chi connectivity index (χ1) is 9.65. The van der Waals surface area contributed by atoms with E-state index < -0.39 is 0 Å². The normalized spacial score (nSPS) is 16.6. The average Bonchev–Trinajstić information content (AvgIpc) is 2.78. The molecule has 1 saturated carbocycles. The quantitative estimate of drug-likeness (QED) is 0.703. The molecular formula is C16H17BrClN2. The van der Waals surface area contributed by atoms with E-state index in [4.69, 9.17) is 11.6 Å². The van der Waals surface area contributed by atoms with Crippen molar-refractivity contribution >= 4 is 27.5 Å². The van der Waals surface area contributed by atoms with Gasteiger partial charge in [0.2, 0.25) is 0 Å². The van der Waals surface area contributed by atoms with Crippen LogP contribution in [0.3, 0.4) is 0 Å². The number of aryl methyl sites for hydroxylation is 1. The fraction of sp³-hybridized carbons (Fsp3) is 0.438. The third-order valence-electron chi connectivity index (χ3n) is 4.01. The Balaban J connectivity index is 2.08. The lowest BCUT2D eigenvalue weighted by molar-refractivity contribution is 0.442. The molecule has 1 heterocycles. The number of hydrogen-bond acceptors (Lipinski definition) is 1. The van der Waals surface area contributed by atoms with Crippen LogP contribution in [0, 0.1) is 13.0 Å². The van der Waals surface area contributed by atoms with Crippen LogP contribution in [0.4, 0.5) is 0 Å². The number of nitrogens with zero attached hydrogens (tertiary/aromatic N) is 2. The van der Waals surface area contributed by atoms with Crippen molar-refractivity contribution in [2.75, 3.05) is 0 Å². The summed E-state index contributed by atoms with van der Waals surface area (Å²) < 4.78 is 2.79. The zero-order chi connectivity index (χ0) is 14.1. The maximum absolute atomic E-state index is 6.02. The van der Waals surface area contributed by atoms with E-state index in [1.807, 2.05) is 10.7 Å². The Bertz CT molecular complexity index is 615. The maximum Gasteiger partial charge on any atom is 0.152 e. The number of rotatable bonds is 2. The van der Waals surface area contributed by atoms with Gasteiger partial charge in [0.15, 0.2) is 5.15 Å². The third-order valence-corrected chi connectivity index (χ3v) is 4.76. The molecule has 0 unspecified atom stereocenters. The summed E-state index contributed by atoms with van der Waals surface area (Å²) in [5, 5.41) is 4.91. The summed E-state index contributed by atoms with van der Waals surface area (Å²) in [6.07, 6.45) is 6.52. The standard InChI is InChI=1S/C16H17BrClN2/c1-11-7-8-13(12-5-3-2-4-6-12)14(9-11)20-15(17)10-16(18)19-20/h8-10,12H,2-6H2,1H3. The minimum absolute atomic E-state index is 0.511. The van der Waals surface area contributed by atoms with Gasteiger partial charge in [-0.3, -0.25) is 0 Å². The largest absolute Gasteiger partial charge is 0.225 e. The van der Waals surface area contributed by atoms with Crippen molar-refractivity contribution in [3.05, 3.63) is 45.1 Å². The van der Waals surface area contributed by atoms with Crippen molar-refractivity contribution in [3.8, 4) is 5.69 Å². The molecule has 0 bridgehead atoms. The first kappa shape index (κ1) is 14.2. The Hall–Kier alpha value is -0.800. The van der Waals surface area contributed by atoms with E-state index in [2.05, 4.69) is 46.2 Å². The van der Waals surface area contributed by atoms with E-state index in [1.54, 1.807) is 0 Å². The van der Waals surface area contributed by atoms with Crippen molar-refractivity contribution in [2.45, 2.75) is 44.9 Å². The van der Waals surface area contributed by atoms with Crippen molar-refractivity contribution in [1.82, 2.24) is 9.78 Å². The lowest BCUT2D eigenvalue weighted by Crippen LogP contribution is -2.10. The zero-order valence-electron chi connectivity index (χ0n) is 11.5. The zero-order valence-corrected chi connectivity index (χ0v) is 13.8. The summed E-state index contributed by atoms with van der Waals surface area (Å²) >= 11 is 9.57. The highest BCUT2D eigenvalue weighted by molar-refractivity contribution is 9.10. The molecule has 0 aliphatic heterocycles. The molecule has 2 nitrogen and oxygen atoms in total. The second-order valence-electron chi connectivity index (χ2n) is 5.49. The molecule has 20 heavy (non-hydrogen) atoms. The predicted octanol–water partition coefficient (Wildman–Crippen LogP) is 5.44. The van der Waals surface area contributed by atoms with Gasteiger partial charge in [-0.2, -0.15) is 5.10 Å². The summed E-state index contributed by atoms with van der Waals surface area (Å²) in [5.74, 6) is 0.616. The van der Waals surface area contributed by atoms with Gasteiger partial charge in [0.1, 0.15) is 4.60 Å². The van der Waals surface area contributed by atoms with Gasteiger partial charge in [-0.1, -0.05) is 30.9 Å². The van der Waals surface area contributed by atoms with Crippen LogP contribution in [-0.2, 0) is 0 Å². The monoisotopic (exact) mass is 351 g/mol. The highest BCUT2D eigenvalue weighted by Crippen LogP contribution is 2.36. The van der Waals surface area contributed by atoms with Crippen molar-refractivity contribution in [2.24, 2.45) is 0 Å². The second kappa shape index (κ2) is 5.90. The summed E-state index contributed by atoms with van der Waals surface area (Å²) in [7, 11) is 0. The van der Waals surface area contributed by atoms with Crippen LogP contribution in [0.2, 0.25) is 5.15 Å². The smallest absolute Gasteiger partial charge is 0.152 e. The van der Waals surface area contributed by atoms with Gasteiger partial charge in [-0.15, -0.1) is 0 Å². The molecule has 0 atom stereocenters. The van der Waals surface area contributed by atoms with E-state index in [1.165, 1.54) is 37.7 Å². The molecule has 1 aliphatic rings. The molecule has 0 saturated heterocycles. The van der Waals surface area contributed by atoms with Gasteiger partial charge in [0, 0.05) is 6.07 Å². The molecule has 1 aliphatic carbocycles. The molecule has 105 valence electrons. The Morgan fingerprint density at radius 2 is 2.05 bits per heavy atom. The number of benzene rings is 1. The molecule has 2 aromatic rings. The number of halogens is 2. The van der Waals surface area contributed by atoms with E-state index in [0.29, 0.717) is 11.1 Å². The molecule has 3 rings (SSSR count). The first-order valence-electron chi connectivity index (χ1n) is 7.09. The third kappa shape index (κ3) is 2.79.